The fourth-order valence-corrected chi connectivity index (χ4v) is 0.921. The van der Waals surface area contributed by atoms with E-state index in [0.717, 1.165) is 6.07 Å². The van der Waals surface area contributed by atoms with Gasteiger partial charge in [0.1, 0.15) is 5.82 Å². The van der Waals surface area contributed by atoms with Crippen molar-refractivity contribution in [3.63, 3.8) is 0 Å². The van der Waals surface area contributed by atoms with Crippen molar-refractivity contribution >= 4 is 5.82 Å². The molecule has 0 spiro atoms. The number of halogens is 3. The number of nitrogen functional groups attached to an aromatic ring is 1. The van der Waals surface area contributed by atoms with Gasteiger partial charge in [0.15, 0.2) is 5.82 Å². The van der Waals surface area contributed by atoms with Crippen molar-refractivity contribution in [3.8, 4) is 0 Å². The summed E-state index contributed by atoms with van der Waals surface area (Å²) in [4.78, 5) is 3.48. The normalized spacial score (nSPS) is 10.8. The molecule has 0 atom stereocenters. The second-order valence-corrected chi connectivity index (χ2v) is 2.40. The highest BCUT2D eigenvalue weighted by Gasteiger charge is 2.17. The van der Waals surface area contributed by atoms with Crippen molar-refractivity contribution < 1.29 is 13.2 Å². The van der Waals surface area contributed by atoms with Crippen LogP contribution < -0.4 is 11.5 Å². The van der Waals surface area contributed by atoms with E-state index in [2.05, 4.69) is 4.98 Å². The Labute approximate surface area is 72.6 Å². The van der Waals surface area contributed by atoms with Crippen LogP contribution in [-0.2, 0) is 6.54 Å². The molecule has 3 nitrogen and oxygen atoms in total. The van der Waals surface area contributed by atoms with Crippen LogP contribution in [0.4, 0.5) is 19.0 Å². The van der Waals surface area contributed by atoms with E-state index in [1.165, 1.54) is 0 Å². The third kappa shape index (κ3) is 1.89. The van der Waals surface area contributed by atoms with Crippen molar-refractivity contribution in [2.24, 2.45) is 5.73 Å². The molecule has 0 bridgehead atoms. The van der Waals surface area contributed by atoms with Crippen molar-refractivity contribution in [3.05, 3.63) is 23.1 Å². The molecular weight excluding hydrogens is 183 g/mol. The maximum atomic E-state index is 13.0. The Kier molecular flexibility index (Phi) is 2.72. The standard InChI is InChI=1S/C7H8F3N3/c8-6-3(7(9)10)1-5(12)13-4(6)2-11/h1,7H,2,11H2,(H2,12,13). The Balaban J connectivity index is 3.27. The lowest BCUT2D eigenvalue weighted by molar-refractivity contribution is 0.146. The molecule has 0 fully saturated rings. The van der Waals surface area contributed by atoms with Gasteiger partial charge >= 0.3 is 0 Å². The zero-order chi connectivity index (χ0) is 10.0. The molecule has 6 heteroatoms. The van der Waals surface area contributed by atoms with Crippen molar-refractivity contribution in [2.75, 3.05) is 5.73 Å². The average molecular weight is 191 g/mol. The highest BCUT2D eigenvalue weighted by atomic mass is 19.3. The lowest BCUT2D eigenvalue weighted by atomic mass is 10.2. The minimum Gasteiger partial charge on any atom is -0.384 e. The minimum absolute atomic E-state index is 0.155. The van der Waals surface area contributed by atoms with Crippen LogP contribution in [-0.4, -0.2) is 4.98 Å². The number of aromatic nitrogens is 1. The van der Waals surface area contributed by atoms with Crippen LogP contribution in [0.5, 0.6) is 0 Å². The Morgan fingerprint density at radius 3 is 2.54 bits per heavy atom. The first-order valence-corrected chi connectivity index (χ1v) is 3.49. The predicted octanol–water partition coefficient (Wildman–Crippen LogP) is 1.20. The Bertz CT molecular complexity index is 314. The summed E-state index contributed by atoms with van der Waals surface area (Å²) >= 11 is 0. The molecule has 1 heterocycles. The highest BCUT2D eigenvalue weighted by molar-refractivity contribution is 5.36. The van der Waals surface area contributed by atoms with Gasteiger partial charge < -0.3 is 11.5 Å². The van der Waals surface area contributed by atoms with E-state index in [1.807, 2.05) is 0 Å². The van der Waals surface area contributed by atoms with Gasteiger partial charge in [0.05, 0.1) is 11.3 Å². The van der Waals surface area contributed by atoms with Gasteiger partial charge in [0.25, 0.3) is 6.43 Å². The first kappa shape index (κ1) is 9.79. The molecule has 0 saturated heterocycles. The number of hydrogen-bond acceptors (Lipinski definition) is 3. The van der Waals surface area contributed by atoms with Gasteiger partial charge in [-0.1, -0.05) is 0 Å². The van der Waals surface area contributed by atoms with Gasteiger partial charge in [-0.3, -0.25) is 0 Å². The molecule has 0 aliphatic carbocycles. The molecule has 0 aromatic carbocycles. The third-order valence-electron chi connectivity index (χ3n) is 1.50. The number of rotatable bonds is 2. The summed E-state index contributed by atoms with van der Waals surface area (Å²) in [5, 5.41) is 0. The zero-order valence-electron chi connectivity index (χ0n) is 6.60. The van der Waals surface area contributed by atoms with E-state index in [9.17, 15) is 13.2 Å². The molecule has 1 aromatic heterocycles. The van der Waals surface area contributed by atoms with E-state index in [0.29, 0.717) is 0 Å². The third-order valence-corrected chi connectivity index (χ3v) is 1.50. The van der Waals surface area contributed by atoms with Crippen molar-refractivity contribution in [1.82, 2.24) is 4.98 Å². The quantitative estimate of drug-likeness (QED) is 0.738. The number of nitrogens with zero attached hydrogens (tertiary/aromatic N) is 1. The van der Waals surface area contributed by atoms with Crippen molar-refractivity contribution in [2.45, 2.75) is 13.0 Å². The van der Waals surface area contributed by atoms with Gasteiger partial charge in [0, 0.05) is 6.54 Å². The summed E-state index contributed by atoms with van der Waals surface area (Å²) in [7, 11) is 0. The van der Waals surface area contributed by atoms with Gasteiger partial charge in [-0.15, -0.1) is 0 Å². The number of alkyl halides is 2. The topological polar surface area (TPSA) is 64.9 Å². The predicted molar refractivity (Wildman–Crippen MR) is 41.5 cm³/mol. The van der Waals surface area contributed by atoms with Crippen LogP contribution in [0.1, 0.15) is 17.7 Å². The van der Waals surface area contributed by atoms with Crippen LogP contribution >= 0.6 is 0 Å². The van der Waals surface area contributed by atoms with Gasteiger partial charge in [-0.2, -0.15) is 0 Å². The number of anilines is 1. The number of hydrogen-bond donors (Lipinski definition) is 2. The summed E-state index contributed by atoms with van der Waals surface area (Å²) in [6.45, 7) is -0.253. The Hall–Kier alpha value is -1.30. The summed E-state index contributed by atoms with van der Waals surface area (Å²) in [6.07, 6.45) is -2.91. The highest BCUT2D eigenvalue weighted by Crippen LogP contribution is 2.24. The molecule has 0 unspecified atom stereocenters. The maximum absolute atomic E-state index is 13.0. The largest absolute Gasteiger partial charge is 0.384 e. The molecular formula is C7H8F3N3. The smallest absolute Gasteiger partial charge is 0.266 e. The Morgan fingerprint density at radius 2 is 2.08 bits per heavy atom. The molecule has 0 radical (unpaired) electrons. The molecule has 0 saturated carbocycles. The SMILES string of the molecule is NCc1nc(N)cc(C(F)F)c1F. The lowest BCUT2D eigenvalue weighted by Gasteiger charge is -2.06. The van der Waals surface area contributed by atoms with Crippen LogP contribution in [0.2, 0.25) is 0 Å². The summed E-state index contributed by atoms with van der Waals surface area (Å²) in [5.74, 6) is -1.23. The van der Waals surface area contributed by atoms with Crippen LogP contribution in [0.3, 0.4) is 0 Å². The Morgan fingerprint density at radius 1 is 1.46 bits per heavy atom. The van der Waals surface area contributed by atoms with E-state index in [4.69, 9.17) is 11.5 Å². The van der Waals surface area contributed by atoms with E-state index in [1.54, 1.807) is 0 Å². The lowest BCUT2D eigenvalue weighted by Crippen LogP contribution is -2.08. The molecule has 13 heavy (non-hydrogen) atoms. The minimum atomic E-state index is -2.91. The first-order chi connectivity index (χ1) is 6.06. The summed E-state index contributed by atoms with van der Waals surface area (Å²) in [6, 6.07) is 0.805. The van der Waals surface area contributed by atoms with E-state index >= 15 is 0 Å². The molecule has 1 rings (SSSR count). The van der Waals surface area contributed by atoms with Gasteiger partial charge in [0.2, 0.25) is 0 Å². The second kappa shape index (κ2) is 3.61. The number of nitrogens with two attached hydrogens (primary N) is 2. The molecule has 0 aliphatic rings. The van der Waals surface area contributed by atoms with Crippen LogP contribution in [0.25, 0.3) is 0 Å². The van der Waals surface area contributed by atoms with Crippen LogP contribution in [0.15, 0.2) is 6.07 Å². The molecule has 1 aromatic rings. The summed E-state index contributed by atoms with van der Waals surface area (Å²) in [5.41, 5.74) is 9.26. The number of pyridine rings is 1. The zero-order valence-corrected chi connectivity index (χ0v) is 6.60. The second-order valence-electron chi connectivity index (χ2n) is 2.40. The van der Waals surface area contributed by atoms with Crippen LogP contribution in [0, 0.1) is 5.82 Å². The molecule has 72 valence electrons. The molecule has 0 aliphatic heterocycles. The fourth-order valence-electron chi connectivity index (χ4n) is 0.921. The van der Waals surface area contributed by atoms with Gasteiger partial charge in [-0.25, -0.2) is 18.2 Å². The van der Waals surface area contributed by atoms with Gasteiger partial charge in [-0.05, 0) is 6.07 Å². The molecule has 4 N–H and O–H groups in total. The fraction of sp³-hybridized carbons (Fsp3) is 0.286. The first-order valence-electron chi connectivity index (χ1n) is 3.49. The van der Waals surface area contributed by atoms with E-state index in [-0.39, 0.29) is 18.1 Å². The van der Waals surface area contributed by atoms with E-state index < -0.39 is 17.8 Å². The summed E-state index contributed by atoms with van der Waals surface area (Å²) < 4.78 is 37.3. The maximum Gasteiger partial charge on any atom is 0.266 e. The van der Waals surface area contributed by atoms with Crippen molar-refractivity contribution in [1.29, 1.82) is 0 Å². The molecule has 0 amide bonds. The average Bonchev–Trinajstić information content (AvgIpc) is 2.08. The monoisotopic (exact) mass is 191 g/mol.